The van der Waals surface area contributed by atoms with Gasteiger partial charge in [-0.15, -0.1) is 0 Å². The third-order valence-corrected chi connectivity index (χ3v) is 6.75. The van der Waals surface area contributed by atoms with Crippen molar-refractivity contribution in [2.75, 3.05) is 44.2 Å². The largest absolute Gasteiger partial charge is 0.353 e. The summed E-state index contributed by atoms with van der Waals surface area (Å²) in [5, 5.41) is 0. The molecule has 6 heteroatoms. The number of rotatable bonds is 4. The lowest BCUT2D eigenvalue weighted by molar-refractivity contribution is -0.134. The second kappa shape index (κ2) is 8.17. The molecule has 1 aromatic rings. The maximum atomic E-state index is 13.1. The van der Waals surface area contributed by atoms with E-state index in [2.05, 4.69) is 23.7 Å². The van der Waals surface area contributed by atoms with Gasteiger partial charge in [0.2, 0.25) is 11.8 Å². The van der Waals surface area contributed by atoms with Crippen LogP contribution in [0.1, 0.15) is 33.1 Å². The van der Waals surface area contributed by atoms with Crippen molar-refractivity contribution in [3.63, 3.8) is 0 Å². The van der Waals surface area contributed by atoms with Crippen LogP contribution in [0.25, 0.3) is 0 Å². The van der Waals surface area contributed by atoms with Gasteiger partial charge in [-0.05, 0) is 48.8 Å². The van der Waals surface area contributed by atoms with Gasteiger partial charge in [-0.3, -0.25) is 9.59 Å². The molecule has 0 aromatic carbocycles. The highest BCUT2D eigenvalue weighted by Gasteiger charge is 2.59. The minimum atomic E-state index is 0.114. The molecular formula is C23H32N4O2. The zero-order valence-corrected chi connectivity index (χ0v) is 17.6. The highest BCUT2D eigenvalue weighted by molar-refractivity contribution is 5.88. The lowest BCUT2D eigenvalue weighted by atomic mass is 9.90. The van der Waals surface area contributed by atoms with E-state index in [9.17, 15) is 9.59 Å². The molecule has 29 heavy (non-hydrogen) atoms. The Kier molecular flexibility index (Phi) is 5.61. The number of amides is 2. The summed E-state index contributed by atoms with van der Waals surface area (Å²) >= 11 is 0. The van der Waals surface area contributed by atoms with Crippen molar-refractivity contribution in [3.8, 4) is 0 Å². The third kappa shape index (κ3) is 4.31. The molecule has 0 radical (unpaired) electrons. The molecule has 1 spiro atoms. The molecule has 3 heterocycles. The van der Waals surface area contributed by atoms with Crippen LogP contribution in [0, 0.1) is 17.3 Å². The Bertz CT molecular complexity index is 760. The summed E-state index contributed by atoms with van der Waals surface area (Å²) in [6, 6.07) is 5.96. The number of likely N-dealkylation sites (tertiary alicyclic amines) is 1. The molecule has 1 atom stereocenters. The molecule has 2 amide bonds. The first kappa shape index (κ1) is 19.9. The van der Waals surface area contributed by atoms with Crippen LogP contribution in [-0.2, 0) is 9.59 Å². The van der Waals surface area contributed by atoms with E-state index in [1.54, 1.807) is 6.08 Å². The van der Waals surface area contributed by atoms with Crippen LogP contribution in [0.3, 0.4) is 0 Å². The van der Waals surface area contributed by atoms with E-state index in [4.69, 9.17) is 0 Å². The number of allylic oxidation sites excluding steroid dienone is 1. The number of nitrogens with zero attached hydrogens (tertiary/aromatic N) is 4. The normalized spacial score (nSPS) is 23.8. The molecule has 3 aliphatic rings. The van der Waals surface area contributed by atoms with Crippen LogP contribution >= 0.6 is 0 Å². The van der Waals surface area contributed by atoms with E-state index in [1.807, 2.05) is 40.3 Å². The van der Waals surface area contributed by atoms with Crippen molar-refractivity contribution in [3.05, 3.63) is 36.5 Å². The Morgan fingerprint density at radius 2 is 1.79 bits per heavy atom. The van der Waals surface area contributed by atoms with Crippen molar-refractivity contribution >= 4 is 17.6 Å². The van der Waals surface area contributed by atoms with Crippen molar-refractivity contribution in [2.45, 2.75) is 33.1 Å². The number of carbonyl (C=O) groups is 2. The molecule has 1 aliphatic carbocycles. The van der Waals surface area contributed by atoms with E-state index in [0.29, 0.717) is 11.8 Å². The van der Waals surface area contributed by atoms with Crippen LogP contribution in [0.5, 0.6) is 0 Å². The van der Waals surface area contributed by atoms with E-state index >= 15 is 0 Å². The number of hydrogen-bond donors (Lipinski definition) is 0. The Morgan fingerprint density at radius 1 is 1.07 bits per heavy atom. The summed E-state index contributed by atoms with van der Waals surface area (Å²) < 4.78 is 0. The summed E-state index contributed by atoms with van der Waals surface area (Å²) in [5.41, 5.74) is 0.147. The zero-order valence-electron chi connectivity index (χ0n) is 17.6. The minimum absolute atomic E-state index is 0.114. The lowest BCUT2D eigenvalue weighted by Crippen LogP contribution is -2.50. The SMILES string of the molecule is CC(C)/C=C/C(=O)N1CCC2(CC1)C[C@H]2C(=O)N1CCN(c2ccccn2)CC1. The Balaban J connectivity index is 1.26. The molecule has 0 N–H and O–H groups in total. The molecule has 3 fully saturated rings. The molecule has 1 saturated carbocycles. The van der Waals surface area contributed by atoms with Gasteiger partial charge < -0.3 is 14.7 Å². The van der Waals surface area contributed by atoms with Crippen LogP contribution < -0.4 is 4.90 Å². The molecule has 1 aromatic heterocycles. The summed E-state index contributed by atoms with van der Waals surface area (Å²) in [6.07, 6.45) is 8.39. The van der Waals surface area contributed by atoms with Crippen molar-refractivity contribution in [1.29, 1.82) is 0 Å². The number of anilines is 1. The number of piperidine rings is 1. The number of pyridine rings is 1. The molecule has 0 unspecified atom stereocenters. The van der Waals surface area contributed by atoms with Crippen LogP contribution in [0.15, 0.2) is 36.5 Å². The zero-order chi connectivity index (χ0) is 20.4. The second-order valence-corrected chi connectivity index (χ2v) is 9.05. The van der Waals surface area contributed by atoms with Crippen LogP contribution in [0.4, 0.5) is 5.82 Å². The predicted octanol–water partition coefficient (Wildman–Crippen LogP) is 2.57. The first-order valence-electron chi connectivity index (χ1n) is 10.9. The van der Waals surface area contributed by atoms with Gasteiger partial charge in [0.1, 0.15) is 5.82 Å². The maximum absolute atomic E-state index is 13.1. The van der Waals surface area contributed by atoms with Gasteiger partial charge >= 0.3 is 0 Å². The molecular weight excluding hydrogens is 364 g/mol. The van der Waals surface area contributed by atoms with Crippen LogP contribution in [-0.4, -0.2) is 65.9 Å². The number of carbonyl (C=O) groups excluding carboxylic acids is 2. The average molecular weight is 397 g/mol. The molecule has 6 nitrogen and oxygen atoms in total. The number of hydrogen-bond acceptors (Lipinski definition) is 4. The topological polar surface area (TPSA) is 56.8 Å². The van der Waals surface area contributed by atoms with E-state index in [0.717, 1.165) is 64.3 Å². The monoisotopic (exact) mass is 396 g/mol. The molecule has 2 saturated heterocycles. The summed E-state index contributed by atoms with van der Waals surface area (Å²) in [5.74, 6) is 1.98. The van der Waals surface area contributed by atoms with E-state index < -0.39 is 0 Å². The Hall–Kier alpha value is -2.37. The highest BCUT2D eigenvalue weighted by Crippen LogP contribution is 2.60. The van der Waals surface area contributed by atoms with Gasteiger partial charge in [-0.25, -0.2) is 4.98 Å². The Morgan fingerprint density at radius 3 is 2.41 bits per heavy atom. The third-order valence-electron chi connectivity index (χ3n) is 6.75. The standard InChI is InChI=1S/C23H32N4O2/c1-18(2)6-7-21(28)26-11-8-23(9-12-26)17-19(23)22(29)27-15-13-25(14-16-27)20-5-3-4-10-24-20/h3-7,10,18-19H,8-9,11-17H2,1-2H3/b7-6+/t19-/m0/s1. The predicted molar refractivity (Wildman–Crippen MR) is 113 cm³/mol. The van der Waals surface area contributed by atoms with Gasteiger partial charge in [-0.2, -0.15) is 0 Å². The molecule has 156 valence electrons. The fraction of sp³-hybridized carbons (Fsp3) is 0.609. The quantitative estimate of drug-likeness (QED) is 0.734. The average Bonchev–Trinajstić information content (AvgIpc) is 3.45. The first-order chi connectivity index (χ1) is 14.0. The van der Waals surface area contributed by atoms with E-state index in [1.165, 1.54) is 0 Å². The minimum Gasteiger partial charge on any atom is -0.353 e. The first-order valence-corrected chi connectivity index (χ1v) is 10.9. The smallest absolute Gasteiger partial charge is 0.246 e. The van der Waals surface area contributed by atoms with Gasteiger partial charge in [0.25, 0.3) is 0 Å². The van der Waals surface area contributed by atoms with Gasteiger partial charge in [0.15, 0.2) is 0 Å². The molecule has 2 aliphatic heterocycles. The lowest BCUT2D eigenvalue weighted by Gasteiger charge is -2.37. The summed E-state index contributed by atoms with van der Waals surface area (Å²) in [7, 11) is 0. The van der Waals surface area contributed by atoms with Gasteiger partial charge in [-0.1, -0.05) is 26.0 Å². The molecule has 0 bridgehead atoms. The number of aromatic nitrogens is 1. The van der Waals surface area contributed by atoms with Gasteiger partial charge in [0, 0.05) is 51.4 Å². The highest BCUT2D eigenvalue weighted by atomic mass is 16.2. The second-order valence-electron chi connectivity index (χ2n) is 9.05. The Labute approximate surface area is 173 Å². The van der Waals surface area contributed by atoms with Crippen molar-refractivity contribution in [2.24, 2.45) is 17.3 Å². The summed E-state index contributed by atoms with van der Waals surface area (Å²) in [6.45, 7) is 8.92. The fourth-order valence-electron chi connectivity index (χ4n) is 4.72. The van der Waals surface area contributed by atoms with E-state index in [-0.39, 0.29) is 17.2 Å². The molecule has 4 rings (SSSR count). The van der Waals surface area contributed by atoms with Crippen LogP contribution in [0.2, 0.25) is 0 Å². The summed E-state index contributed by atoms with van der Waals surface area (Å²) in [4.78, 5) is 36.0. The number of piperazine rings is 1. The van der Waals surface area contributed by atoms with Crippen molar-refractivity contribution in [1.82, 2.24) is 14.8 Å². The maximum Gasteiger partial charge on any atom is 0.246 e. The fourth-order valence-corrected chi connectivity index (χ4v) is 4.72. The van der Waals surface area contributed by atoms with Gasteiger partial charge in [0.05, 0.1) is 0 Å². The van der Waals surface area contributed by atoms with Crippen molar-refractivity contribution < 1.29 is 9.59 Å².